The van der Waals surface area contributed by atoms with Crippen LogP contribution in [0.2, 0.25) is 0 Å². The fourth-order valence-electron chi connectivity index (χ4n) is 1.83. The van der Waals surface area contributed by atoms with Crippen LogP contribution in [0.1, 0.15) is 16.7 Å². The van der Waals surface area contributed by atoms with Gasteiger partial charge in [0.05, 0.1) is 7.11 Å². The topological polar surface area (TPSA) is 9.23 Å². The number of allylic oxidation sites excluding steroid dienone is 1. The molecule has 0 N–H and O–H groups in total. The summed E-state index contributed by atoms with van der Waals surface area (Å²) in [5, 5.41) is 0. The Labute approximate surface area is 133 Å². The third-order valence-corrected chi connectivity index (χ3v) is 3.13. The average Bonchev–Trinajstić information content (AvgIpc) is 2.52. The molecule has 0 fully saturated rings. The van der Waals surface area contributed by atoms with Gasteiger partial charge in [0.2, 0.25) is 0 Å². The molecule has 0 radical (unpaired) electrons. The Hall–Kier alpha value is -2.67. The summed E-state index contributed by atoms with van der Waals surface area (Å²) >= 11 is 0. The van der Waals surface area contributed by atoms with Crippen molar-refractivity contribution in [3.63, 3.8) is 0 Å². The lowest BCUT2D eigenvalue weighted by Gasteiger charge is -2.06. The molecule has 2 rings (SSSR count). The Morgan fingerprint density at radius 2 is 1.61 bits per heavy atom. The first-order valence-corrected chi connectivity index (χ1v) is 6.90. The molecule has 0 spiro atoms. The molecule has 2 aromatic carbocycles. The number of halogens is 3. The molecule has 4 heteroatoms. The van der Waals surface area contributed by atoms with Crippen LogP contribution in [0.3, 0.4) is 0 Å². The number of benzene rings is 2. The smallest absolute Gasteiger partial charge is 0.424 e. The molecule has 0 aliphatic carbocycles. The van der Waals surface area contributed by atoms with Crippen LogP contribution in [0.5, 0.6) is 5.75 Å². The van der Waals surface area contributed by atoms with E-state index in [1.807, 2.05) is 6.92 Å². The molecule has 2 aromatic rings. The van der Waals surface area contributed by atoms with E-state index in [1.54, 1.807) is 48.5 Å². The molecule has 0 saturated heterocycles. The summed E-state index contributed by atoms with van der Waals surface area (Å²) in [5.74, 6) is 5.39. The molecule has 118 valence electrons. The molecule has 0 heterocycles. The van der Waals surface area contributed by atoms with Crippen molar-refractivity contribution in [3.8, 4) is 17.6 Å². The summed E-state index contributed by atoms with van der Waals surface area (Å²) < 4.78 is 44.3. The van der Waals surface area contributed by atoms with E-state index in [0.717, 1.165) is 11.6 Å². The zero-order valence-electron chi connectivity index (χ0n) is 12.7. The van der Waals surface area contributed by atoms with E-state index >= 15 is 0 Å². The molecular formula is C19H15F3O. The second-order valence-electron chi connectivity index (χ2n) is 4.94. The van der Waals surface area contributed by atoms with Crippen LogP contribution in [0.4, 0.5) is 13.2 Å². The van der Waals surface area contributed by atoms with Crippen molar-refractivity contribution < 1.29 is 17.9 Å². The third kappa shape index (κ3) is 4.93. The van der Waals surface area contributed by atoms with Crippen LogP contribution in [-0.2, 0) is 0 Å². The van der Waals surface area contributed by atoms with Crippen LogP contribution >= 0.6 is 0 Å². The van der Waals surface area contributed by atoms with Gasteiger partial charge in [0.1, 0.15) is 11.3 Å². The Morgan fingerprint density at radius 1 is 1.00 bits per heavy atom. The minimum absolute atomic E-state index is 0.465. The van der Waals surface area contributed by atoms with Gasteiger partial charge >= 0.3 is 6.18 Å². The standard InChI is InChI=1S/C19H15F3O/c1-14-3-5-16(6-4-14)13-17(19(20,21)22)10-7-15-8-11-18(23-2)12-9-15/h3-6,8-9,11-13H,1-2H3. The van der Waals surface area contributed by atoms with Gasteiger partial charge in [0, 0.05) is 5.56 Å². The van der Waals surface area contributed by atoms with Gasteiger partial charge in [0.15, 0.2) is 0 Å². The molecule has 0 atom stereocenters. The minimum Gasteiger partial charge on any atom is -0.497 e. The Bertz CT molecular complexity index is 742. The number of rotatable bonds is 2. The molecule has 0 aliphatic heterocycles. The van der Waals surface area contributed by atoms with Gasteiger partial charge in [-0.15, -0.1) is 0 Å². The summed E-state index contributed by atoms with van der Waals surface area (Å²) in [6.07, 6.45) is -3.44. The number of alkyl halides is 3. The lowest BCUT2D eigenvalue weighted by atomic mass is 10.1. The second-order valence-corrected chi connectivity index (χ2v) is 4.94. The highest BCUT2D eigenvalue weighted by atomic mass is 19.4. The van der Waals surface area contributed by atoms with E-state index in [2.05, 4.69) is 11.8 Å². The molecule has 0 saturated carbocycles. The van der Waals surface area contributed by atoms with Crippen molar-refractivity contribution in [2.45, 2.75) is 13.1 Å². The number of hydrogen-bond donors (Lipinski definition) is 0. The zero-order valence-corrected chi connectivity index (χ0v) is 12.7. The normalized spacial score (nSPS) is 11.6. The monoisotopic (exact) mass is 316 g/mol. The van der Waals surface area contributed by atoms with Crippen LogP contribution in [0.15, 0.2) is 54.1 Å². The number of hydrogen-bond acceptors (Lipinski definition) is 1. The van der Waals surface area contributed by atoms with E-state index in [9.17, 15) is 13.2 Å². The van der Waals surface area contributed by atoms with Gasteiger partial charge in [-0.25, -0.2) is 0 Å². The van der Waals surface area contributed by atoms with Crippen LogP contribution in [0, 0.1) is 18.8 Å². The van der Waals surface area contributed by atoms with E-state index in [1.165, 1.54) is 7.11 Å². The number of ether oxygens (including phenoxy) is 1. The summed E-state index contributed by atoms with van der Waals surface area (Å²) in [5.41, 5.74) is 1.06. The largest absolute Gasteiger partial charge is 0.497 e. The van der Waals surface area contributed by atoms with Crippen LogP contribution in [-0.4, -0.2) is 13.3 Å². The molecule has 0 aromatic heterocycles. The lowest BCUT2D eigenvalue weighted by molar-refractivity contribution is -0.0863. The SMILES string of the molecule is COc1ccc(C#CC(=Cc2ccc(C)cc2)C(F)(F)F)cc1. The van der Waals surface area contributed by atoms with Crippen molar-refractivity contribution in [3.05, 3.63) is 70.8 Å². The fourth-order valence-corrected chi connectivity index (χ4v) is 1.83. The average molecular weight is 316 g/mol. The Morgan fingerprint density at radius 3 is 2.13 bits per heavy atom. The molecule has 1 nitrogen and oxygen atoms in total. The third-order valence-electron chi connectivity index (χ3n) is 3.13. The minimum atomic E-state index is -4.50. The van der Waals surface area contributed by atoms with Gasteiger partial charge in [0.25, 0.3) is 0 Å². The second kappa shape index (κ2) is 7.06. The van der Waals surface area contributed by atoms with Crippen molar-refractivity contribution in [2.75, 3.05) is 7.11 Å². The first-order chi connectivity index (χ1) is 10.9. The molecule has 0 bridgehead atoms. The summed E-state index contributed by atoms with van der Waals surface area (Å²) in [7, 11) is 1.52. The Balaban J connectivity index is 2.33. The first kappa shape index (κ1) is 16.7. The highest BCUT2D eigenvalue weighted by Gasteiger charge is 2.32. The van der Waals surface area contributed by atoms with Crippen molar-refractivity contribution >= 4 is 6.08 Å². The number of aryl methyl sites for hydroxylation is 1. The molecular weight excluding hydrogens is 301 g/mol. The number of methoxy groups -OCH3 is 1. The van der Waals surface area contributed by atoms with Gasteiger partial charge in [-0.2, -0.15) is 13.2 Å². The zero-order chi connectivity index (χ0) is 16.9. The van der Waals surface area contributed by atoms with Crippen LogP contribution in [0.25, 0.3) is 6.08 Å². The van der Waals surface area contributed by atoms with Crippen molar-refractivity contribution in [1.29, 1.82) is 0 Å². The first-order valence-electron chi connectivity index (χ1n) is 6.90. The maximum absolute atomic E-state index is 13.1. The maximum atomic E-state index is 13.1. The molecule has 0 amide bonds. The van der Waals surface area contributed by atoms with Gasteiger partial charge in [-0.05, 0) is 42.8 Å². The summed E-state index contributed by atoms with van der Waals surface area (Å²) in [4.78, 5) is 0. The van der Waals surface area contributed by atoms with Crippen molar-refractivity contribution in [1.82, 2.24) is 0 Å². The fraction of sp³-hybridized carbons (Fsp3) is 0.158. The molecule has 0 aliphatic rings. The summed E-state index contributed by atoms with van der Waals surface area (Å²) in [6.45, 7) is 1.88. The summed E-state index contributed by atoms with van der Waals surface area (Å²) in [6, 6.07) is 13.3. The Kier molecular flexibility index (Phi) is 5.13. The predicted molar refractivity (Wildman–Crippen MR) is 85.1 cm³/mol. The van der Waals surface area contributed by atoms with Crippen molar-refractivity contribution in [2.24, 2.45) is 0 Å². The van der Waals surface area contributed by atoms with E-state index in [4.69, 9.17) is 4.74 Å². The molecule has 23 heavy (non-hydrogen) atoms. The maximum Gasteiger partial charge on any atom is 0.424 e. The van der Waals surface area contributed by atoms with E-state index < -0.39 is 11.7 Å². The highest BCUT2D eigenvalue weighted by Crippen LogP contribution is 2.27. The van der Waals surface area contributed by atoms with E-state index in [0.29, 0.717) is 16.9 Å². The molecule has 0 unspecified atom stereocenters. The predicted octanol–water partition coefficient (Wildman–Crippen LogP) is 5.00. The van der Waals surface area contributed by atoms with Crippen LogP contribution < -0.4 is 4.74 Å². The highest BCUT2D eigenvalue weighted by molar-refractivity contribution is 5.61. The quantitative estimate of drug-likeness (QED) is 0.708. The van der Waals surface area contributed by atoms with Gasteiger partial charge in [-0.3, -0.25) is 0 Å². The lowest BCUT2D eigenvalue weighted by Crippen LogP contribution is -2.10. The van der Waals surface area contributed by atoms with E-state index in [-0.39, 0.29) is 0 Å². The van der Waals surface area contributed by atoms with Gasteiger partial charge < -0.3 is 4.74 Å². The van der Waals surface area contributed by atoms with Gasteiger partial charge in [-0.1, -0.05) is 41.7 Å².